The molecule has 30 heavy (non-hydrogen) atoms. The quantitative estimate of drug-likeness (QED) is 0.391. The molecule has 0 fully saturated rings. The molecule has 4 rings (SSSR count). The van der Waals surface area contributed by atoms with Crippen LogP contribution in [0.3, 0.4) is 0 Å². The van der Waals surface area contributed by atoms with E-state index < -0.39 is 0 Å². The molecule has 0 saturated carbocycles. The maximum atomic E-state index is 9.29. The number of oxazole rings is 1. The van der Waals surface area contributed by atoms with Crippen molar-refractivity contribution in [2.24, 2.45) is 0 Å². The van der Waals surface area contributed by atoms with Crippen molar-refractivity contribution in [2.45, 2.75) is 26.3 Å². The molecule has 2 heterocycles. The maximum Gasteiger partial charge on any atom is 0.266 e. The van der Waals surface area contributed by atoms with E-state index in [4.69, 9.17) is 13.6 Å². The Hall–Kier alpha value is -3.98. The third kappa shape index (κ3) is 4.36. The fraction of sp³-hybridized carbons (Fsp3) is 0.167. The van der Waals surface area contributed by atoms with Crippen LogP contribution in [0, 0.1) is 11.3 Å². The normalized spacial score (nSPS) is 10.7. The van der Waals surface area contributed by atoms with Crippen molar-refractivity contribution in [3.63, 3.8) is 0 Å². The van der Waals surface area contributed by atoms with Crippen LogP contribution in [0.2, 0.25) is 0 Å². The fourth-order valence-electron chi connectivity index (χ4n) is 2.94. The molecule has 0 saturated heterocycles. The zero-order valence-electron chi connectivity index (χ0n) is 16.8. The van der Waals surface area contributed by atoms with Crippen LogP contribution in [0.25, 0.3) is 11.7 Å². The molecule has 6 nitrogen and oxygen atoms in total. The van der Waals surface area contributed by atoms with E-state index in [0.29, 0.717) is 24.1 Å². The van der Waals surface area contributed by atoms with Gasteiger partial charge in [-0.3, -0.25) is 0 Å². The summed E-state index contributed by atoms with van der Waals surface area (Å²) in [7, 11) is 0. The monoisotopic (exact) mass is 399 g/mol. The van der Waals surface area contributed by atoms with Gasteiger partial charge in [-0.1, -0.05) is 38.1 Å². The van der Waals surface area contributed by atoms with Gasteiger partial charge in [0.1, 0.15) is 17.6 Å². The lowest BCUT2D eigenvalue weighted by atomic mass is 10.0. The van der Waals surface area contributed by atoms with Gasteiger partial charge in [-0.15, -0.1) is 0 Å². The highest BCUT2D eigenvalue weighted by molar-refractivity contribution is 5.54. The Bertz CT molecular complexity index is 1140. The van der Waals surface area contributed by atoms with Crippen LogP contribution in [-0.4, -0.2) is 4.98 Å². The second-order valence-corrected chi connectivity index (χ2v) is 7.11. The Labute approximate surface area is 174 Å². The van der Waals surface area contributed by atoms with Gasteiger partial charge in [0.2, 0.25) is 11.6 Å². The van der Waals surface area contributed by atoms with E-state index in [1.807, 2.05) is 42.5 Å². The van der Waals surface area contributed by atoms with E-state index in [9.17, 15) is 5.26 Å². The lowest BCUT2D eigenvalue weighted by Crippen LogP contribution is -1.99. The standard InChI is InChI=1S/C24H21N3O3/c1-16(2)18-7-11-20(12-8-18)29-19-9-5-17(6-10-19)15-26-23-21(14-25)27-24(30-23)22-4-3-13-28-22/h3-13,16,26H,15H2,1-2H3. The largest absolute Gasteiger partial charge is 0.459 e. The summed E-state index contributed by atoms with van der Waals surface area (Å²) in [6, 6.07) is 21.4. The summed E-state index contributed by atoms with van der Waals surface area (Å²) in [6.07, 6.45) is 1.53. The molecule has 0 aliphatic rings. The van der Waals surface area contributed by atoms with Crippen molar-refractivity contribution in [1.29, 1.82) is 5.26 Å². The number of anilines is 1. The molecular formula is C24H21N3O3. The summed E-state index contributed by atoms with van der Waals surface area (Å²) in [5, 5.41) is 12.4. The summed E-state index contributed by atoms with van der Waals surface area (Å²) in [5.74, 6) is 3.11. The van der Waals surface area contributed by atoms with Gasteiger partial charge in [0.25, 0.3) is 5.89 Å². The molecule has 2 aromatic heterocycles. The van der Waals surface area contributed by atoms with Gasteiger partial charge in [0.05, 0.1) is 6.26 Å². The molecule has 0 radical (unpaired) electrons. The van der Waals surface area contributed by atoms with Crippen molar-refractivity contribution in [3.8, 4) is 29.2 Å². The van der Waals surface area contributed by atoms with Crippen LogP contribution in [0.5, 0.6) is 11.5 Å². The highest BCUT2D eigenvalue weighted by Crippen LogP contribution is 2.27. The van der Waals surface area contributed by atoms with Crippen molar-refractivity contribution >= 4 is 5.88 Å². The third-order valence-corrected chi connectivity index (χ3v) is 4.62. The minimum Gasteiger partial charge on any atom is -0.459 e. The molecule has 2 aromatic carbocycles. The van der Waals surface area contributed by atoms with Gasteiger partial charge in [0.15, 0.2) is 5.76 Å². The first kappa shape index (κ1) is 19.3. The van der Waals surface area contributed by atoms with E-state index in [1.54, 1.807) is 12.1 Å². The smallest absolute Gasteiger partial charge is 0.266 e. The molecule has 150 valence electrons. The Morgan fingerprint density at radius 2 is 1.73 bits per heavy atom. The second kappa shape index (κ2) is 8.58. The Morgan fingerprint density at radius 3 is 2.33 bits per heavy atom. The minimum atomic E-state index is 0.186. The lowest BCUT2D eigenvalue weighted by molar-refractivity contribution is 0.482. The van der Waals surface area contributed by atoms with Gasteiger partial charge in [-0.25, -0.2) is 0 Å². The minimum absolute atomic E-state index is 0.186. The molecule has 0 aliphatic carbocycles. The van der Waals surface area contributed by atoms with E-state index in [0.717, 1.165) is 17.1 Å². The molecule has 0 unspecified atom stereocenters. The summed E-state index contributed by atoms with van der Waals surface area (Å²) < 4.78 is 16.8. The molecule has 0 spiro atoms. The second-order valence-electron chi connectivity index (χ2n) is 7.11. The average Bonchev–Trinajstić information content (AvgIpc) is 3.43. The highest BCUT2D eigenvalue weighted by Gasteiger charge is 2.16. The van der Waals surface area contributed by atoms with Crippen LogP contribution < -0.4 is 10.1 Å². The summed E-state index contributed by atoms with van der Waals surface area (Å²) in [5.41, 5.74) is 2.48. The maximum absolute atomic E-state index is 9.29. The molecule has 1 N–H and O–H groups in total. The number of ether oxygens (including phenoxy) is 1. The number of nitriles is 1. The van der Waals surface area contributed by atoms with Crippen molar-refractivity contribution < 1.29 is 13.6 Å². The van der Waals surface area contributed by atoms with Gasteiger partial charge in [0, 0.05) is 6.54 Å². The molecule has 0 amide bonds. The number of benzene rings is 2. The fourth-order valence-corrected chi connectivity index (χ4v) is 2.94. The SMILES string of the molecule is CC(C)c1ccc(Oc2ccc(CNc3oc(-c4ccco4)nc3C#N)cc2)cc1. The lowest BCUT2D eigenvalue weighted by Gasteiger charge is -2.09. The zero-order chi connectivity index (χ0) is 20.9. The van der Waals surface area contributed by atoms with Crippen molar-refractivity contribution in [3.05, 3.63) is 83.7 Å². The summed E-state index contributed by atoms with van der Waals surface area (Å²) in [6.45, 7) is 4.81. The molecule has 6 heteroatoms. The van der Waals surface area contributed by atoms with Crippen molar-refractivity contribution in [1.82, 2.24) is 4.98 Å². The van der Waals surface area contributed by atoms with Crippen LogP contribution >= 0.6 is 0 Å². The third-order valence-electron chi connectivity index (χ3n) is 4.62. The Balaban J connectivity index is 1.39. The van der Waals surface area contributed by atoms with Gasteiger partial charge in [-0.2, -0.15) is 10.2 Å². The first-order valence-corrected chi connectivity index (χ1v) is 9.68. The van der Waals surface area contributed by atoms with E-state index >= 15 is 0 Å². The molecular weight excluding hydrogens is 378 g/mol. The zero-order valence-corrected chi connectivity index (χ0v) is 16.8. The Kier molecular flexibility index (Phi) is 5.53. The first-order chi connectivity index (χ1) is 14.6. The summed E-state index contributed by atoms with van der Waals surface area (Å²) in [4.78, 5) is 4.16. The number of rotatable bonds is 7. The van der Waals surface area contributed by atoms with Gasteiger partial charge in [-0.05, 0) is 53.4 Å². The topological polar surface area (TPSA) is 84.2 Å². The van der Waals surface area contributed by atoms with Crippen LogP contribution in [-0.2, 0) is 6.54 Å². The van der Waals surface area contributed by atoms with E-state index in [2.05, 4.69) is 36.3 Å². The average molecular weight is 399 g/mol. The van der Waals surface area contributed by atoms with E-state index in [1.165, 1.54) is 11.8 Å². The number of aromatic nitrogens is 1. The van der Waals surface area contributed by atoms with E-state index in [-0.39, 0.29) is 11.6 Å². The molecule has 0 aliphatic heterocycles. The number of furan rings is 1. The van der Waals surface area contributed by atoms with Crippen LogP contribution in [0.4, 0.5) is 5.88 Å². The molecule has 4 aromatic rings. The van der Waals surface area contributed by atoms with Gasteiger partial charge >= 0.3 is 0 Å². The van der Waals surface area contributed by atoms with Crippen LogP contribution in [0.15, 0.2) is 75.8 Å². The number of nitrogens with zero attached hydrogens (tertiary/aromatic N) is 2. The predicted molar refractivity (Wildman–Crippen MR) is 113 cm³/mol. The predicted octanol–water partition coefficient (Wildman–Crippen LogP) is 6.33. The summed E-state index contributed by atoms with van der Waals surface area (Å²) >= 11 is 0. The molecule has 0 bridgehead atoms. The van der Waals surface area contributed by atoms with Crippen molar-refractivity contribution in [2.75, 3.05) is 5.32 Å². The highest BCUT2D eigenvalue weighted by atomic mass is 16.5. The number of hydrogen-bond donors (Lipinski definition) is 1. The molecule has 0 atom stereocenters. The number of nitrogens with one attached hydrogen (secondary N) is 1. The Morgan fingerprint density at radius 1 is 1.03 bits per heavy atom. The van der Waals surface area contributed by atoms with Gasteiger partial charge < -0.3 is 18.9 Å². The number of hydrogen-bond acceptors (Lipinski definition) is 6. The first-order valence-electron chi connectivity index (χ1n) is 9.68. The van der Waals surface area contributed by atoms with Crippen LogP contribution in [0.1, 0.15) is 36.6 Å².